The molecule has 1 N–H and O–H groups in total. The number of anilines is 1. The summed E-state index contributed by atoms with van der Waals surface area (Å²) < 4.78 is 12.9. The first-order valence-electron chi connectivity index (χ1n) is 9.78. The molecule has 1 aromatic carbocycles. The molecule has 0 saturated carbocycles. The number of nitrogens with one attached hydrogen (secondary N) is 1. The Labute approximate surface area is 169 Å². The molecule has 29 heavy (non-hydrogen) atoms. The van der Waals surface area contributed by atoms with E-state index in [2.05, 4.69) is 27.3 Å². The third-order valence-electron chi connectivity index (χ3n) is 5.29. The Morgan fingerprint density at radius 2 is 1.97 bits per heavy atom. The summed E-state index contributed by atoms with van der Waals surface area (Å²) in [5, 5.41) is 10.5. The molecule has 0 unspecified atom stereocenters. The van der Waals surface area contributed by atoms with Gasteiger partial charge in [-0.05, 0) is 62.2 Å². The minimum absolute atomic E-state index is 0.280. The first kappa shape index (κ1) is 19.2. The average molecular weight is 395 g/mol. The number of amides is 1. The van der Waals surface area contributed by atoms with Crippen molar-refractivity contribution in [3.05, 3.63) is 54.5 Å². The van der Waals surface area contributed by atoms with Crippen LogP contribution in [0.2, 0.25) is 0 Å². The fourth-order valence-corrected chi connectivity index (χ4v) is 3.50. The lowest BCUT2D eigenvalue weighted by molar-refractivity contribution is 0.0991. The van der Waals surface area contributed by atoms with Gasteiger partial charge in [-0.2, -0.15) is 0 Å². The highest BCUT2D eigenvalue weighted by Gasteiger charge is 2.19. The van der Waals surface area contributed by atoms with Crippen LogP contribution in [-0.2, 0) is 6.54 Å². The van der Waals surface area contributed by atoms with E-state index in [9.17, 15) is 4.79 Å². The Bertz CT molecular complexity index is 959. The van der Waals surface area contributed by atoms with Gasteiger partial charge in [-0.15, -0.1) is 10.2 Å². The largest absolute Gasteiger partial charge is 0.495 e. The molecule has 3 aromatic rings. The molecule has 1 aliphatic heterocycles. The van der Waals surface area contributed by atoms with Crippen LogP contribution in [0, 0.1) is 5.92 Å². The van der Waals surface area contributed by atoms with E-state index in [-0.39, 0.29) is 11.7 Å². The Morgan fingerprint density at radius 1 is 1.21 bits per heavy atom. The number of aromatic nitrogens is 3. The van der Waals surface area contributed by atoms with Crippen LogP contribution in [0.25, 0.3) is 5.69 Å². The van der Waals surface area contributed by atoms with Gasteiger partial charge in [0.05, 0.1) is 25.0 Å². The lowest BCUT2D eigenvalue weighted by Gasteiger charge is -2.29. The molecule has 0 spiro atoms. The van der Waals surface area contributed by atoms with E-state index < -0.39 is 0 Å². The van der Waals surface area contributed by atoms with Gasteiger partial charge >= 0.3 is 0 Å². The summed E-state index contributed by atoms with van der Waals surface area (Å²) >= 11 is 0. The van der Waals surface area contributed by atoms with E-state index in [4.69, 9.17) is 9.15 Å². The number of piperidine rings is 1. The molecule has 0 bridgehead atoms. The third kappa shape index (κ3) is 4.48. The number of likely N-dealkylation sites (tertiary alicyclic amines) is 1. The highest BCUT2D eigenvalue weighted by Crippen LogP contribution is 2.28. The molecule has 1 saturated heterocycles. The quantitative estimate of drug-likeness (QED) is 0.689. The van der Waals surface area contributed by atoms with Crippen molar-refractivity contribution in [3.8, 4) is 11.4 Å². The van der Waals surface area contributed by atoms with Crippen LogP contribution in [0.4, 0.5) is 5.69 Å². The lowest BCUT2D eigenvalue weighted by atomic mass is 9.99. The van der Waals surface area contributed by atoms with E-state index in [1.807, 2.05) is 12.1 Å². The van der Waals surface area contributed by atoms with Crippen molar-refractivity contribution >= 4 is 11.6 Å². The van der Waals surface area contributed by atoms with Crippen molar-refractivity contribution in [1.29, 1.82) is 0 Å². The second-order valence-electron chi connectivity index (χ2n) is 7.43. The van der Waals surface area contributed by atoms with E-state index >= 15 is 0 Å². The van der Waals surface area contributed by atoms with Crippen LogP contribution in [0.3, 0.4) is 0 Å². The van der Waals surface area contributed by atoms with Crippen LogP contribution in [0.5, 0.6) is 5.75 Å². The first-order chi connectivity index (χ1) is 14.1. The lowest BCUT2D eigenvalue weighted by Crippen LogP contribution is -2.32. The van der Waals surface area contributed by atoms with E-state index in [1.54, 1.807) is 42.5 Å². The maximum atomic E-state index is 12.7. The molecule has 1 amide bonds. The van der Waals surface area contributed by atoms with Crippen LogP contribution in [-0.4, -0.2) is 45.8 Å². The van der Waals surface area contributed by atoms with Crippen LogP contribution in [0.15, 0.2) is 47.4 Å². The standard InChI is InChI=1S/C21H25N5O3/c1-15-7-9-25(10-8-15)12-17-4-6-20(29-17)21(27)24-18-11-16(3-5-19(18)28-2)26-13-22-23-14-26/h3-6,11,13-15H,7-10,12H2,1-2H3,(H,24,27). The van der Waals surface area contributed by atoms with Crippen molar-refractivity contribution in [2.45, 2.75) is 26.3 Å². The van der Waals surface area contributed by atoms with Gasteiger partial charge in [-0.3, -0.25) is 14.3 Å². The number of rotatable bonds is 6. The zero-order valence-corrected chi connectivity index (χ0v) is 16.7. The number of carbonyl (C=O) groups is 1. The molecule has 8 nitrogen and oxygen atoms in total. The van der Waals surface area contributed by atoms with E-state index in [1.165, 1.54) is 12.8 Å². The normalized spacial score (nSPS) is 15.4. The Kier molecular flexibility index (Phi) is 5.62. The Morgan fingerprint density at radius 3 is 2.69 bits per heavy atom. The summed E-state index contributed by atoms with van der Waals surface area (Å²) in [5.41, 5.74) is 1.36. The molecule has 0 aliphatic carbocycles. The van der Waals surface area contributed by atoms with Gasteiger partial charge in [0, 0.05) is 0 Å². The predicted octanol–water partition coefficient (Wildman–Crippen LogP) is 3.35. The number of hydrogen-bond donors (Lipinski definition) is 1. The number of furan rings is 1. The van der Waals surface area contributed by atoms with Crippen LogP contribution >= 0.6 is 0 Å². The topological polar surface area (TPSA) is 85.4 Å². The third-order valence-corrected chi connectivity index (χ3v) is 5.29. The molecule has 152 valence electrons. The van der Waals surface area contributed by atoms with Crippen molar-refractivity contribution in [3.63, 3.8) is 0 Å². The number of hydrogen-bond acceptors (Lipinski definition) is 6. The fourth-order valence-electron chi connectivity index (χ4n) is 3.50. The Hall–Kier alpha value is -3.13. The smallest absolute Gasteiger partial charge is 0.291 e. The molecule has 8 heteroatoms. The van der Waals surface area contributed by atoms with Gasteiger partial charge < -0.3 is 14.5 Å². The number of benzene rings is 1. The number of ether oxygens (including phenoxy) is 1. The molecular weight excluding hydrogens is 370 g/mol. The minimum atomic E-state index is -0.317. The minimum Gasteiger partial charge on any atom is -0.495 e. The highest BCUT2D eigenvalue weighted by atomic mass is 16.5. The first-order valence-corrected chi connectivity index (χ1v) is 9.78. The fraction of sp³-hybridized carbons (Fsp3) is 0.381. The van der Waals surface area contributed by atoms with Crippen molar-refractivity contribution in [2.24, 2.45) is 5.92 Å². The molecule has 0 atom stereocenters. The molecular formula is C21H25N5O3. The molecule has 0 radical (unpaired) electrons. The Balaban J connectivity index is 1.45. The second-order valence-corrected chi connectivity index (χ2v) is 7.43. The van der Waals surface area contributed by atoms with Crippen molar-refractivity contribution in [2.75, 3.05) is 25.5 Å². The number of carbonyl (C=O) groups excluding carboxylic acids is 1. The zero-order chi connectivity index (χ0) is 20.2. The summed E-state index contributed by atoms with van der Waals surface area (Å²) in [6, 6.07) is 9.04. The van der Waals surface area contributed by atoms with Crippen molar-refractivity contribution in [1.82, 2.24) is 19.7 Å². The predicted molar refractivity (Wildman–Crippen MR) is 108 cm³/mol. The number of methoxy groups -OCH3 is 1. The summed E-state index contributed by atoms with van der Waals surface area (Å²) in [5.74, 6) is 2.11. The van der Waals surface area contributed by atoms with Crippen LogP contribution in [0.1, 0.15) is 36.1 Å². The van der Waals surface area contributed by atoms with Gasteiger partial charge in [-0.1, -0.05) is 6.92 Å². The second kappa shape index (κ2) is 8.48. The van der Waals surface area contributed by atoms with Crippen LogP contribution < -0.4 is 10.1 Å². The highest BCUT2D eigenvalue weighted by molar-refractivity contribution is 6.03. The van der Waals surface area contributed by atoms with E-state index in [0.717, 1.165) is 37.0 Å². The zero-order valence-electron chi connectivity index (χ0n) is 16.7. The maximum absolute atomic E-state index is 12.7. The molecule has 4 rings (SSSR count). The van der Waals surface area contributed by atoms with Gasteiger partial charge in [0.1, 0.15) is 24.2 Å². The van der Waals surface area contributed by atoms with E-state index in [0.29, 0.717) is 11.4 Å². The average Bonchev–Trinajstić information content (AvgIpc) is 3.42. The maximum Gasteiger partial charge on any atom is 0.291 e. The molecule has 3 heterocycles. The molecule has 1 fully saturated rings. The van der Waals surface area contributed by atoms with Gasteiger partial charge in [0.2, 0.25) is 0 Å². The summed E-state index contributed by atoms with van der Waals surface area (Å²) in [4.78, 5) is 15.1. The van der Waals surface area contributed by atoms with Crippen molar-refractivity contribution < 1.29 is 13.9 Å². The SMILES string of the molecule is COc1ccc(-n2cnnc2)cc1NC(=O)c1ccc(CN2CCC(C)CC2)o1. The number of nitrogens with zero attached hydrogens (tertiary/aromatic N) is 4. The molecule has 1 aliphatic rings. The summed E-state index contributed by atoms with van der Waals surface area (Å²) in [7, 11) is 1.56. The van der Waals surface area contributed by atoms with Gasteiger partial charge in [-0.25, -0.2) is 0 Å². The van der Waals surface area contributed by atoms with Gasteiger partial charge in [0.25, 0.3) is 5.91 Å². The summed E-state index contributed by atoms with van der Waals surface area (Å²) in [6.45, 7) is 5.15. The monoisotopic (exact) mass is 395 g/mol. The van der Waals surface area contributed by atoms with Gasteiger partial charge in [0.15, 0.2) is 5.76 Å². The molecule has 2 aromatic heterocycles. The summed E-state index contributed by atoms with van der Waals surface area (Å²) in [6.07, 6.45) is 5.59.